The van der Waals surface area contributed by atoms with Gasteiger partial charge in [0.15, 0.2) is 0 Å². The average Bonchev–Trinajstić information content (AvgIpc) is 2.74. The lowest BCUT2D eigenvalue weighted by Crippen LogP contribution is -2.13. The highest BCUT2D eigenvalue weighted by Gasteiger charge is 2.02. The van der Waals surface area contributed by atoms with E-state index in [-0.39, 0.29) is 0 Å². The van der Waals surface area contributed by atoms with Crippen LogP contribution in [-0.2, 0) is 13.1 Å². The molecule has 2 heterocycles. The minimum atomic E-state index is 0.768. The lowest BCUT2D eigenvalue weighted by Gasteiger charge is -2.05. The van der Waals surface area contributed by atoms with E-state index in [1.807, 2.05) is 12.3 Å². The van der Waals surface area contributed by atoms with Crippen LogP contribution in [0.1, 0.15) is 11.3 Å². The van der Waals surface area contributed by atoms with E-state index in [4.69, 9.17) is 0 Å². The number of nitrogens with one attached hydrogen (secondary N) is 1. The summed E-state index contributed by atoms with van der Waals surface area (Å²) in [5.74, 6) is 0. The van der Waals surface area contributed by atoms with Crippen molar-refractivity contribution in [2.45, 2.75) is 13.1 Å². The molecule has 2 rings (SSSR count). The maximum Gasteiger partial charge on any atom is 0.0684 e. The van der Waals surface area contributed by atoms with E-state index < -0.39 is 0 Å². The van der Waals surface area contributed by atoms with Crippen molar-refractivity contribution in [2.75, 3.05) is 0 Å². The molecular formula is C11H10Br2N2S. The molecule has 2 aromatic rings. The molecule has 0 aliphatic carbocycles. The van der Waals surface area contributed by atoms with Crippen molar-refractivity contribution in [1.29, 1.82) is 0 Å². The fourth-order valence-electron chi connectivity index (χ4n) is 1.29. The lowest BCUT2D eigenvalue weighted by molar-refractivity contribution is 0.678. The first-order valence-electron chi connectivity index (χ1n) is 4.77. The van der Waals surface area contributed by atoms with Crippen LogP contribution in [0.15, 0.2) is 38.0 Å². The summed E-state index contributed by atoms with van der Waals surface area (Å²) in [7, 11) is 0. The first-order valence-corrected chi connectivity index (χ1v) is 7.30. The quantitative estimate of drug-likeness (QED) is 0.891. The van der Waals surface area contributed by atoms with E-state index in [9.17, 15) is 0 Å². The summed E-state index contributed by atoms with van der Waals surface area (Å²) < 4.78 is 2.01. The van der Waals surface area contributed by atoms with Crippen LogP contribution in [0.3, 0.4) is 0 Å². The normalized spacial score (nSPS) is 10.6. The summed E-state index contributed by atoms with van der Waals surface area (Å²) in [5.41, 5.74) is 2.34. The number of nitrogens with zero attached hydrogens (tertiary/aromatic N) is 1. The third kappa shape index (κ3) is 3.38. The summed E-state index contributed by atoms with van der Waals surface area (Å²) in [4.78, 5) is 4.34. The van der Waals surface area contributed by atoms with Crippen LogP contribution >= 0.6 is 43.2 Å². The predicted molar refractivity (Wildman–Crippen MR) is 74.5 cm³/mol. The van der Waals surface area contributed by atoms with Crippen LogP contribution in [0.5, 0.6) is 0 Å². The Morgan fingerprint density at radius 3 is 2.88 bits per heavy atom. The molecule has 5 heteroatoms. The Kier molecular flexibility index (Phi) is 4.52. The van der Waals surface area contributed by atoms with Crippen molar-refractivity contribution < 1.29 is 0 Å². The molecule has 1 N–H and O–H groups in total. The van der Waals surface area contributed by atoms with Gasteiger partial charge < -0.3 is 5.32 Å². The van der Waals surface area contributed by atoms with Crippen molar-refractivity contribution >= 4 is 43.2 Å². The van der Waals surface area contributed by atoms with Crippen LogP contribution in [-0.4, -0.2) is 4.98 Å². The minimum absolute atomic E-state index is 0.768. The zero-order chi connectivity index (χ0) is 11.4. The van der Waals surface area contributed by atoms with E-state index in [1.54, 1.807) is 11.3 Å². The molecule has 0 aromatic carbocycles. The van der Waals surface area contributed by atoms with Gasteiger partial charge in [-0.1, -0.05) is 0 Å². The molecule has 0 aliphatic rings. The molecular weight excluding hydrogens is 352 g/mol. The van der Waals surface area contributed by atoms with E-state index >= 15 is 0 Å². The second-order valence-electron chi connectivity index (χ2n) is 3.32. The maximum absolute atomic E-state index is 4.34. The number of halogens is 2. The van der Waals surface area contributed by atoms with E-state index in [2.05, 4.69) is 59.0 Å². The molecule has 0 saturated carbocycles. The summed E-state index contributed by atoms with van der Waals surface area (Å²) in [6, 6.07) is 4.14. The Bertz CT molecular complexity index is 457. The Hall–Kier alpha value is -0.230. The fourth-order valence-corrected chi connectivity index (χ4v) is 3.09. The molecule has 2 aromatic heterocycles. The fraction of sp³-hybridized carbons (Fsp3) is 0.182. The molecule has 0 fully saturated rings. The zero-order valence-corrected chi connectivity index (χ0v) is 12.4. The number of hydrogen-bond acceptors (Lipinski definition) is 3. The van der Waals surface area contributed by atoms with Crippen LogP contribution in [0.2, 0.25) is 0 Å². The maximum atomic E-state index is 4.34. The van der Waals surface area contributed by atoms with Gasteiger partial charge in [0.2, 0.25) is 0 Å². The predicted octanol–water partition coefficient (Wildman–Crippen LogP) is 3.96. The highest BCUT2D eigenvalue weighted by molar-refractivity contribution is 9.11. The minimum Gasteiger partial charge on any atom is -0.307 e. The monoisotopic (exact) mass is 360 g/mol. The van der Waals surface area contributed by atoms with E-state index in [0.717, 1.165) is 27.7 Å². The van der Waals surface area contributed by atoms with Gasteiger partial charge in [0, 0.05) is 28.2 Å². The Morgan fingerprint density at radius 1 is 1.31 bits per heavy atom. The van der Waals surface area contributed by atoms with Gasteiger partial charge in [-0.25, -0.2) is 0 Å². The molecule has 0 aliphatic heterocycles. The third-order valence-corrected chi connectivity index (χ3v) is 3.94. The van der Waals surface area contributed by atoms with Crippen LogP contribution < -0.4 is 5.32 Å². The number of rotatable bonds is 4. The molecule has 0 atom stereocenters. The molecule has 84 valence electrons. The summed E-state index contributed by atoms with van der Waals surface area (Å²) in [5, 5.41) is 7.60. The molecule has 0 amide bonds. The number of aromatic nitrogens is 1. The van der Waals surface area contributed by atoms with E-state index in [0.29, 0.717) is 0 Å². The van der Waals surface area contributed by atoms with E-state index in [1.165, 1.54) is 5.56 Å². The average molecular weight is 362 g/mol. The molecule has 2 nitrogen and oxygen atoms in total. The smallest absolute Gasteiger partial charge is 0.0684 e. The largest absolute Gasteiger partial charge is 0.307 e. The Labute approximate surface area is 115 Å². The van der Waals surface area contributed by atoms with Crippen LogP contribution in [0, 0.1) is 0 Å². The van der Waals surface area contributed by atoms with Gasteiger partial charge in [-0.3, -0.25) is 4.98 Å². The van der Waals surface area contributed by atoms with Gasteiger partial charge in [-0.2, -0.15) is 11.3 Å². The second-order valence-corrected chi connectivity index (χ2v) is 5.87. The molecule has 0 bridgehead atoms. The van der Waals surface area contributed by atoms with Gasteiger partial charge in [0.25, 0.3) is 0 Å². The molecule has 0 unspecified atom stereocenters. The number of thiophene rings is 1. The van der Waals surface area contributed by atoms with Crippen molar-refractivity contribution in [3.63, 3.8) is 0 Å². The molecule has 16 heavy (non-hydrogen) atoms. The highest BCUT2D eigenvalue weighted by atomic mass is 79.9. The Morgan fingerprint density at radius 2 is 2.19 bits per heavy atom. The first-order chi connectivity index (χ1) is 7.75. The highest BCUT2D eigenvalue weighted by Crippen LogP contribution is 2.19. The van der Waals surface area contributed by atoms with Crippen molar-refractivity contribution in [3.05, 3.63) is 49.3 Å². The summed E-state index contributed by atoms with van der Waals surface area (Å²) in [6.07, 6.45) is 1.81. The number of hydrogen-bond donors (Lipinski definition) is 1. The first kappa shape index (κ1) is 12.2. The second kappa shape index (κ2) is 5.91. The standard InChI is InChI=1S/C11H10Br2N2S/c12-9-3-10(13)11(15-5-9)6-14-4-8-1-2-16-7-8/h1-3,5,7,14H,4,6H2. The topological polar surface area (TPSA) is 24.9 Å². The summed E-state index contributed by atoms with van der Waals surface area (Å²) in [6.45, 7) is 1.65. The van der Waals surface area contributed by atoms with Gasteiger partial charge >= 0.3 is 0 Å². The van der Waals surface area contributed by atoms with Gasteiger partial charge in [-0.05, 0) is 60.3 Å². The van der Waals surface area contributed by atoms with Crippen molar-refractivity contribution in [3.8, 4) is 0 Å². The molecule has 0 radical (unpaired) electrons. The summed E-state index contributed by atoms with van der Waals surface area (Å²) >= 11 is 8.60. The van der Waals surface area contributed by atoms with Crippen molar-refractivity contribution in [1.82, 2.24) is 10.3 Å². The SMILES string of the molecule is Brc1cnc(CNCc2ccsc2)c(Br)c1. The molecule has 0 saturated heterocycles. The lowest BCUT2D eigenvalue weighted by atomic mass is 10.3. The van der Waals surface area contributed by atoms with Gasteiger partial charge in [-0.15, -0.1) is 0 Å². The number of pyridine rings is 1. The Balaban J connectivity index is 1.90. The molecule has 0 spiro atoms. The van der Waals surface area contributed by atoms with Crippen LogP contribution in [0.4, 0.5) is 0 Å². The zero-order valence-electron chi connectivity index (χ0n) is 8.41. The van der Waals surface area contributed by atoms with Gasteiger partial charge in [0.1, 0.15) is 0 Å². The van der Waals surface area contributed by atoms with Gasteiger partial charge in [0.05, 0.1) is 5.69 Å². The van der Waals surface area contributed by atoms with Crippen molar-refractivity contribution in [2.24, 2.45) is 0 Å². The van der Waals surface area contributed by atoms with Crippen LogP contribution in [0.25, 0.3) is 0 Å². The third-order valence-electron chi connectivity index (χ3n) is 2.09.